The van der Waals surface area contributed by atoms with Crippen LogP contribution < -0.4 is 4.74 Å². The zero-order valence-electron chi connectivity index (χ0n) is 15.1. The second-order valence-electron chi connectivity index (χ2n) is 6.68. The molecular formula is C20H20F3N3O2. The van der Waals surface area contributed by atoms with Gasteiger partial charge in [-0.25, -0.2) is 0 Å². The zero-order valence-corrected chi connectivity index (χ0v) is 15.1. The molecule has 2 heterocycles. The summed E-state index contributed by atoms with van der Waals surface area (Å²) in [6.45, 7) is 4.66. The van der Waals surface area contributed by atoms with E-state index in [1.54, 1.807) is 24.3 Å². The molecule has 0 aliphatic carbocycles. The molecule has 28 heavy (non-hydrogen) atoms. The van der Waals surface area contributed by atoms with Crippen molar-refractivity contribution in [2.75, 3.05) is 39.5 Å². The average Bonchev–Trinajstić information content (AvgIpc) is 3.17. The highest BCUT2D eigenvalue weighted by Crippen LogP contribution is 2.37. The van der Waals surface area contributed by atoms with E-state index in [1.807, 2.05) is 0 Å². The highest BCUT2D eigenvalue weighted by Gasteiger charge is 2.31. The van der Waals surface area contributed by atoms with Crippen molar-refractivity contribution in [3.8, 4) is 16.9 Å². The summed E-state index contributed by atoms with van der Waals surface area (Å²) in [6.07, 6.45) is -2.88. The summed E-state index contributed by atoms with van der Waals surface area (Å²) in [7, 11) is 0. The molecule has 5 nitrogen and oxygen atoms in total. The molecule has 148 valence electrons. The van der Waals surface area contributed by atoms with E-state index in [9.17, 15) is 13.2 Å². The number of aromatic nitrogens is 2. The molecule has 0 amide bonds. The Kier molecular flexibility index (Phi) is 5.23. The van der Waals surface area contributed by atoms with Crippen molar-refractivity contribution in [2.24, 2.45) is 0 Å². The number of benzene rings is 2. The molecule has 0 bridgehead atoms. The van der Waals surface area contributed by atoms with Gasteiger partial charge in [-0.15, -0.1) is 0 Å². The van der Waals surface area contributed by atoms with Crippen LogP contribution in [0.2, 0.25) is 0 Å². The van der Waals surface area contributed by atoms with Gasteiger partial charge < -0.3 is 9.47 Å². The Balaban J connectivity index is 1.50. The van der Waals surface area contributed by atoms with Gasteiger partial charge in [-0.1, -0.05) is 12.1 Å². The molecule has 0 saturated carbocycles. The smallest absolute Gasteiger partial charge is 0.416 e. The summed E-state index contributed by atoms with van der Waals surface area (Å²) in [5.74, 6) is 0.687. The van der Waals surface area contributed by atoms with Gasteiger partial charge >= 0.3 is 6.18 Å². The predicted octanol–water partition coefficient (Wildman–Crippen LogP) is 3.96. The number of ether oxygens (including phenoxy) is 2. The molecule has 3 aromatic rings. The number of hydrogen-bond acceptors (Lipinski definition) is 4. The SMILES string of the molecule is FC(F)(F)c1cc(-c2ccc(OCCN3CCOCC3)cc2)c2cn[nH]c2c1. The Morgan fingerprint density at radius 3 is 2.57 bits per heavy atom. The van der Waals surface area contributed by atoms with Gasteiger partial charge in [0.1, 0.15) is 12.4 Å². The Morgan fingerprint density at radius 1 is 1.11 bits per heavy atom. The Morgan fingerprint density at radius 2 is 1.86 bits per heavy atom. The van der Waals surface area contributed by atoms with Gasteiger partial charge in [0.15, 0.2) is 0 Å². The van der Waals surface area contributed by atoms with Gasteiger partial charge in [-0.2, -0.15) is 18.3 Å². The number of rotatable bonds is 5. The Labute approximate surface area is 160 Å². The molecule has 0 radical (unpaired) electrons. The van der Waals surface area contributed by atoms with Crippen molar-refractivity contribution in [1.82, 2.24) is 15.1 Å². The molecule has 1 saturated heterocycles. The first-order valence-electron chi connectivity index (χ1n) is 9.08. The van der Waals surface area contributed by atoms with E-state index < -0.39 is 11.7 Å². The van der Waals surface area contributed by atoms with Crippen molar-refractivity contribution in [3.63, 3.8) is 0 Å². The van der Waals surface area contributed by atoms with Crippen LogP contribution in [0.5, 0.6) is 5.75 Å². The van der Waals surface area contributed by atoms with Crippen molar-refractivity contribution >= 4 is 10.9 Å². The number of H-pyrrole nitrogens is 1. The molecule has 1 N–H and O–H groups in total. The largest absolute Gasteiger partial charge is 0.492 e. The van der Waals surface area contributed by atoms with Crippen LogP contribution in [-0.2, 0) is 10.9 Å². The van der Waals surface area contributed by atoms with Gasteiger partial charge in [0.25, 0.3) is 0 Å². The standard InChI is InChI=1S/C20H20F3N3O2/c21-20(22,23)15-11-17(18-13-24-25-19(18)12-15)14-1-3-16(4-2-14)28-10-7-26-5-8-27-9-6-26/h1-4,11-13H,5-10H2,(H,24,25). The van der Waals surface area contributed by atoms with Crippen molar-refractivity contribution in [2.45, 2.75) is 6.18 Å². The van der Waals surface area contributed by atoms with Crippen LogP contribution in [0.3, 0.4) is 0 Å². The minimum Gasteiger partial charge on any atom is -0.492 e. The third-order valence-electron chi connectivity index (χ3n) is 4.83. The number of morpholine rings is 1. The first kappa shape index (κ1) is 18.8. The quantitative estimate of drug-likeness (QED) is 0.715. The highest BCUT2D eigenvalue weighted by molar-refractivity contribution is 5.95. The number of alkyl halides is 3. The third-order valence-corrected chi connectivity index (χ3v) is 4.83. The minimum atomic E-state index is -4.42. The van der Waals surface area contributed by atoms with Gasteiger partial charge in [-0.3, -0.25) is 10.00 Å². The third kappa shape index (κ3) is 4.13. The average molecular weight is 391 g/mol. The molecule has 4 rings (SSSR count). The number of aromatic amines is 1. The fraction of sp³-hybridized carbons (Fsp3) is 0.350. The lowest BCUT2D eigenvalue weighted by Gasteiger charge is -2.26. The molecule has 1 fully saturated rings. The maximum Gasteiger partial charge on any atom is 0.416 e. The Hall–Kier alpha value is -2.58. The first-order chi connectivity index (χ1) is 13.5. The number of nitrogens with zero attached hydrogens (tertiary/aromatic N) is 2. The lowest BCUT2D eigenvalue weighted by molar-refractivity contribution is -0.137. The van der Waals surface area contributed by atoms with E-state index in [1.165, 1.54) is 6.20 Å². The van der Waals surface area contributed by atoms with Crippen LogP contribution in [0.15, 0.2) is 42.6 Å². The molecule has 1 aliphatic rings. The fourth-order valence-electron chi connectivity index (χ4n) is 3.30. The monoisotopic (exact) mass is 391 g/mol. The lowest BCUT2D eigenvalue weighted by atomic mass is 9.99. The van der Waals surface area contributed by atoms with Crippen molar-refractivity contribution in [1.29, 1.82) is 0 Å². The van der Waals surface area contributed by atoms with Crippen LogP contribution in [0.25, 0.3) is 22.0 Å². The van der Waals surface area contributed by atoms with E-state index in [0.717, 1.165) is 45.0 Å². The van der Waals surface area contributed by atoms with Crippen LogP contribution in [0.1, 0.15) is 5.56 Å². The number of nitrogens with one attached hydrogen (secondary N) is 1. The Bertz CT molecular complexity index is 932. The normalized spacial score (nSPS) is 15.8. The second-order valence-corrected chi connectivity index (χ2v) is 6.68. The molecule has 0 spiro atoms. The summed E-state index contributed by atoms with van der Waals surface area (Å²) < 4.78 is 50.7. The molecule has 1 aliphatic heterocycles. The van der Waals surface area contributed by atoms with Gasteiger partial charge in [0.2, 0.25) is 0 Å². The summed E-state index contributed by atoms with van der Waals surface area (Å²) in [5.41, 5.74) is 0.817. The second kappa shape index (κ2) is 7.81. The molecule has 0 atom stereocenters. The fourth-order valence-corrected chi connectivity index (χ4v) is 3.30. The van der Waals surface area contributed by atoms with Crippen molar-refractivity contribution in [3.05, 3.63) is 48.2 Å². The van der Waals surface area contributed by atoms with E-state index in [-0.39, 0.29) is 0 Å². The van der Waals surface area contributed by atoms with E-state index in [0.29, 0.717) is 34.4 Å². The van der Waals surface area contributed by atoms with Crippen LogP contribution >= 0.6 is 0 Å². The topological polar surface area (TPSA) is 50.4 Å². The zero-order chi connectivity index (χ0) is 19.6. The molecular weight excluding hydrogens is 371 g/mol. The molecule has 1 aromatic heterocycles. The maximum absolute atomic E-state index is 13.2. The summed E-state index contributed by atoms with van der Waals surface area (Å²) in [4.78, 5) is 2.27. The maximum atomic E-state index is 13.2. The van der Waals surface area contributed by atoms with Crippen LogP contribution in [0.4, 0.5) is 13.2 Å². The predicted molar refractivity (Wildman–Crippen MR) is 99.3 cm³/mol. The van der Waals surface area contributed by atoms with E-state index in [2.05, 4.69) is 15.1 Å². The number of hydrogen-bond donors (Lipinski definition) is 1. The van der Waals surface area contributed by atoms with Crippen molar-refractivity contribution < 1.29 is 22.6 Å². The van der Waals surface area contributed by atoms with Crippen LogP contribution in [0, 0.1) is 0 Å². The summed E-state index contributed by atoms with van der Waals surface area (Å²) >= 11 is 0. The first-order valence-corrected chi connectivity index (χ1v) is 9.08. The van der Waals surface area contributed by atoms with Gasteiger partial charge in [0, 0.05) is 25.0 Å². The van der Waals surface area contributed by atoms with E-state index in [4.69, 9.17) is 9.47 Å². The van der Waals surface area contributed by atoms with Gasteiger partial charge in [0.05, 0.1) is 30.5 Å². The molecule has 2 aromatic carbocycles. The highest BCUT2D eigenvalue weighted by atomic mass is 19.4. The number of fused-ring (bicyclic) bond motifs is 1. The van der Waals surface area contributed by atoms with Crippen LogP contribution in [-0.4, -0.2) is 54.6 Å². The lowest BCUT2D eigenvalue weighted by Crippen LogP contribution is -2.38. The molecule has 8 heteroatoms. The minimum absolute atomic E-state index is 0.357. The molecule has 0 unspecified atom stereocenters. The summed E-state index contributed by atoms with van der Waals surface area (Å²) in [5, 5.41) is 7.15. The van der Waals surface area contributed by atoms with E-state index >= 15 is 0 Å². The number of halogens is 3. The summed E-state index contributed by atoms with van der Waals surface area (Å²) in [6, 6.07) is 9.33. The van der Waals surface area contributed by atoms with Gasteiger partial charge in [-0.05, 0) is 35.4 Å².